The van der Waals surface area contributed by atoms with Gasteiger partial charge in [0.05, 0.1) is 17.8 Å². The predicted octanol–water partition coefficient (Wildman–Crippen LogP) is 4.62. The number of sulfonamides is 1. The Morgan fingerprint density at radius 1 is 1.05 bits per heavy atom. The van der Waals surface area contributed by atoms with Crippen LogP contribution in [0.1, 0.15) is 28.4 Å². The second-order valence-electron chi connectivity index (χ2n) is 9.71. The van der Waals surface area contributed by atoms with Crippen LogP contribution >= 0.6 is 12.4 Å². The average Bonchev–Trinajstić information content (AvgIpc) is 3.31. The molecule has 0 spiro atoms. The summed E-state index contributed by atoms with van der Waals surface area (Å²) >= 11 is 0. The fourth-order valence-electron chi connectivity index (χ4n) is 4.88. The highest BCUT2D eigenvalue weighted by Gasteiger charge is 2.30. The largest absolute Gasteiger partial charge is 0.465 e. The van der Waals surface area contributed by atoms with E-state index in [1.807, 2.05) is 0 Å². The molecule has 43 heavy (non-hydrogen) atoms. The van der Waals surface area contributed by atoms with Crippen molar-refractivity contribution >= 4 is 67.5 Å². The maximum Gasteiger partial charge on any atom is 0.326 e. The van der Waals surface area contributed by atoms with E-state index in [2.05, 4.69) is 4.98 Å². The highest BCUT2D eigenvalue weighted by atomic mass is 35.5. The number of fused-ring (bicyclic) bond motifs is 2. The third-order valence-electron chi connectivity index (χ3n) is 6.93. The highest BCUT2D eigenvalue weighted by molar-refractivity contribution is 7.93. The van der Waals surface area contributed by atoms with E-state index in [0.29, 0.717) is 27.4 Å². The first kappa shape index (κ1) is 31.2. The van der Waals surface area contributed by atoms with Gasteiger partial charge in [-0.05, 0) is 42.8 Å². The Bertz CT molecular complexity index is 1950. The second kappa shape index (κ2) is 12.6. The molecule has 12 heteroatoms. The summed E-state index contributed by atoms with van der Waals surface area (Å²) in [7, 11) is -2.50. The molecule has 3 N–H and O–H groups in total. The van der Waals surface area contributed by atoms with E-state index in [0.717, 1.165) is 9.87 Å². The molecule has 0 atom stereocenters. The number of aromatic nitrogens is 2. The number of nitrogen functional groups attached to an aromatic ring is 1. The number of Topliss-reactive ketones (excluding diaryl/α,β-unsaturated/α-hetero) is 1. The normalized spacial score (nSPS) is 11.2. The van der Waals surface area contributed by atoms with Crippen molar-refractivity contribution in [2.75, 3.05) is 17.5 Å². The summed E-state index contributed by atoms with van der Waals surface area (Å²) in [6, 6.07) is 20.1. The minimum absolute atomic E-state index is 0. The van der Waals surface area contributed by atoms with Gasteiger partial charge in [-0.1, -0.05) is 42.5 Å². The number of para-hydroxylation sites is 1. The lowest BCUT2D eigenvalue weighted by Crippen LogP contribution is -2.36. The molecular weight excluding hydrogens is 590 g/mol. The van der Waals surface area contributed by atoms with Crippen molar-refractivity contribution in [3.05, 3.63) is 102 Å². The second-order valence-corrected chi connectivity index (χ2v) is 11.5. The van der Waals surface area contributed by atoms with Crippen molar-refractivity contribution in [1.29, 1.82) is 5.41 Å². The summed E-state index contributed by atoms with van der Waals surface area (Å²) in [6.07, 6.45) is 3.31. The molecule has 0 aliphatic rings. The van der Waals surface area contributed by atoms with Crippen molar-refractivity contribution in [3.63, 3.8) is 0 Å². The van der Waals surface area contributed by atoms with Crippen LogP contribution in [-0.4, -0.2) is 48.7 Å². The Morgan fingerprint density at radius 3 is 2.47 bits per heavy atom. The Balaban J connectivity index is 0.00000423. The summed E-state index contributed by atoms with van der Waals surface area (Å²) in [4.78, 5) is 30.4. The van der Waals surface area contributed by atoms with E-state index >= 15 is 0 Å². The van der Waals surface area contributed by atoms with Crippen LogP contribution in [0, 0.1) is 5.41 Å². The molecule has 3 aromatic carbocycles. The van der Waals surface area contributed by atoms with Gasteiger partial charge < -0.3 is 15.0 Å². The number of ketones is 1. The van der Waals surface area contributed by atoms with Gasteiger partial charge in [0.25, 0.3) is 10.0 Å². The number of ether oxygens (including phenoxy) is 1. The number of nitrogens with zero attached hydrogens (tertiary/aromatic N) is 3. The quantitative estimate of drug-likeness (QED) is 0.100. The van der Waals surface area contributed by atoms with E-state index in [-0.39, 0.29) is 53.2 Å². The first-order valence-corrected chi connectivity index (χ1v) is 14.6. The van der Waals surface area contributed by atoms with Crippen molar-refractivity contribution in [2.24, 2.45) is 12.8 Å². The fraction of sp³-hybridized carbons (Fsp3) is 0.161. The van der Waals surface area contributed by atoms with Gasteiger partial charge in [-0.15, -0.1) is 12.4 Å². The van der Waals surface area contributed by atoms with E-state index in [1.54, 1.807) is 91.5 Å². The lowest BCUT2D eigenvalue weighted by Gasteiger charge is -2.24. The number of hydrogen-bond donors (Lipinski definition) is 2. The maximum absolute atomic E-state index is 14.1. The average molecular weight is 620 g/mol. The third kappa shape index (κ3) is 6.23. The van der Waals surface area contributed by atoms with Crippen LogP contribution in [0.25, 0.3) is 21.8 Å². The number of carbonyl (C=O) groups is 2. The summed E-state index contributed by atoms with van der Waals surface area (Å²) in [5.74, 6) is -0.949. The number of rotatable bonds is 10. The Morgan fingerprint density at radius 2 is 1.77 bits per heavy atom. The van der Waals surface area contributed by atoms with E-state index < -0.39 is 22.5 Å². The van der Waals surface area contributed by atoms with Crippen molar-refractivity contribution in [2.45, 2.75) is 18.2 Å². The zero-order chi connectivity index (χ0) is 30.0. The highest BCUT2D eigenvalue weighted by Crippen LogP contribution is 2.32. The van der Waals surface area contributed by atoms with Gasteiger partial charge in [0, 0.05) is 53.3 Å². The zero-order valence-corrected chi connectivity index (χ0v) is 25.1. The molecule has 0 saturated carbocycles. The third-order valence-corrected chi connectivity index (χ3v) is 8.74. The summed E-state index contributed by atoms with van der Waals surface area (Å²) < 4.78 is 36.2. The molecule has 5 rings (SSSR count). The number of aryl methyl sites for hydroxylation is 1. The summed E-state index contributed by atoms with van der Waals surface area (Å²) in [5.41, 5.74) is 8.45. The lowest BCUT2D eigenvalue weighted by atomic mass is 10.0. The maximum atomic E-state index is 14.1. The molecular formula is C31H30ClN5O5S. The van der Waals surface area contributed by atoms with Crippen molar-refractivity contribution in [1.82, 2.24) is 9.55 Å². The van der Waals surface area contributed by atoms with Crippen molar-refractivity contribution in [3.8, 4) is 0 Å². The minimum Gasteiger partial charge on any atom is -0.465 e. The van der Waals surface area contributed by atoms with Gasteiger partial charge in [-0.2, -0.15) is 0 Å². The van der Waals surface area contributed by atoms with E-state index in [1.165, 1.54) is 12.3 Å². The molecule has 5 aromatic rings. The number of amidine groups is 1. The number of carbonyl (C=O) groups excluding carboxylic acids is 2. The molecule has 10 nitrogen and oxygen atoms in total. The van der Waals surface area contributed by atoms with Gasteiger partial charge in [0.2, 0.25) is 0 Å². The molecule has 0 unspecified atom stereocenters. The SMILES string of the molecule is CCOC(=O)CN(c1ccc2c(c1)c(C(=O)Cc1ccc(C(=N)N)cc1)cn2C)S(=O)(=O)c1cccc2cccnc12.Cl. The van der Waals surface area contributed by atoms with Crippen LogP contribution < -0.4 is 10.0 Å². The molecule has 0 saturated heterocycles. The zero-order valence-electron chi connectivity index (χ0n) is 23.5. The number of esters is 1. The van der Waals surface area contributed by atoms with E-state index in [4.69, 9.17) is 15.9 Å². The Hall–Kier alpha value is -4.74. The smallest absolute Gasteiger partial charge is 0.326 e. The van der Waals surface area contributed by atoms with Gasteiger partial charge in [0.15, 0.2) is 5.78 Å². The van der Waals surface area contributed by atoms with Crippen molar-refractivity contribution < 1.29 is 22.7 Å². The first-order chi connectivity index (χ1) is 20.1. The van der Waals surface area contributed by atoms with Gasteiger partial charge >= 0.3 is 5.97 Å². The number of hydrogen-bond acceptors (Lipinski definition) is 7. The minimum atomic E-state index is -4.30. The molecule has 0 radical (unpaired) electrons. The summed E-state index contributed by atoms with van der Waals surface area (Å²) in [6.45, 7) is 1.17. The Kier molecular flexibility index (Phi) is 9.17. The van der Waals surface area contributed by atoms with Crippen LogP contribution in [0.2, 0.25) is 0 Å². The number of benzene rings is 3. The standard InChI is InChI=1S/C31H29N5O5S.ClH/c1-3-41-29(38)19-36(42(39,40)28-8-4-6-21-7-5-15-34-30(21)28)23-13-14-26-24(17-23)25(18-35(26)2)27(37)16-20-9-11-22(12-10-20)31(32)33;/h4-15,17-18H,3,16,19H2,1-2H3,(H3,32,33);1H. The van der Waals surface area contributed by atoms with Gasteiger partial charge in [-0.3, -0.25) is 24.3 Å². The number of nitrogens with two attached hydrogens (primary N) is 1. The molecule has 0 bridgehead atoms. The van der Waals surface area contributed by atoms with Gasteiger partial charge in [-0.25, -0.2) is 8.42 Å². The molecule has 2 heterocycles. The lowest BCUT2D eigenvalue weighted by molar-refractivity contribution is -0.141. The van der Waals surface area contributed by atoms with Crippen LogP contribution in [0.15, 0.2) is 90.1 Å². The molecule has 0 fully saturated rings. The van der Waals surface area contributed by atoms with Crippen LogP contribution in [0.3, 0.4) is 0 Å². The van der Waals surface area contributed by atoms with Crippen LogP contribution in [0.4, 0.5) is 5.69 Å². The monoisotopic (exact) mass is 619 g/mol. The topological polar surface area (TPSA) is 148 Å². The van der Waals surface area contributed by atoms with E-state index in [9.17, 15) is 18.0 Å². The van der Waals surface area contributed by atoms with Gasteiger partial charge in [0.1, 0.15) is 17.3 Å². The fourth-order valence-corrected chi connectivity index (χ4v) is 6.45. The molecule has 0 aliphatic heterocycles. The molecule has 0 aliphatic carbocycles. The first-order valence-electron chi connectivity index (χ1n) is 13.2. The predicted molar refractivity (Wildman–Crippen MR) is 169 cm³/mol. The van der Waals surface area contributed by atoms with Crippen LogP contribution in [-0.2, 0) is 33.0 Å². The number of anilines is 1. The summed E-state index contributed by atoms with van der Waals surface area (Å²) in [5, 5.41) is 8.74. The Labute approximate surface area is 255 Å². The number of pyridine rings is 1. The number of halogens is 1. The molecule has 0 amide bonds. The molecule has 2 aromatic heterocycles. The van der Waals surface area contributed by atoms with Crippen LogP contribution in [0.5, 0.6) is 0 Å². The number of nitrogens with one attached hydrogen (secondary N) is 1. The molecule has 222 valence electrons.